The molecule has 0 radical (unpaired) electrons. The molecule has 6 heteroatoms. The smallest absolute Gasteiger partial charge is 0.322 e. The number of ether oxygens (including phenoxy) is 2. The molecule has 1 fully saturated rings. The third-order valence-electron chi connectivity index (χ3n) is 4.36. The highest BCUT2D eigenvalue weighted by molar-refractivity contribution is 6.30. The topological polar surface area (TPSA) is 50.8 Å². The summed E-state index contributed by atoms with van der Waals surface area (Å²) in [5.41, 5.74) is 1.62. The van der Waals surface area contributed by atoms with Crippen LogP contribution in [0.5, 0.6) is 5.75 Å². The zero-order valence-electron chi connectivity index (χ0n) is 14.8. The van der Waals surface area contributed by atoms with Crippen molar-refractivity contribution in [2.45, 2.75) is 25.5 Å². The Labute approximate surface area is 158 Å². The number of urea groups is 1. The molecule has 1 aliphatic rings. The summed E-state index contributed by atoms with van der Waals surface area (Å²) in [6.45, 7) is 1.73. The summed E-state index contributed by atoms with van der Waals surface area (Å²) >= 11 is 6.01. The summed E-state index contributed by atoms with van der Waals surface area (Å²) < 4.78 is 11.1. The SMILES string of the molecule is COc1ccccc1CN(CC1CCCO1)C(=O)Nc1cccc(Cl)c1. The van der Waals surface area contributed by atoms with Crippen LogP contribution >= 0.6 is 11.6 Å². The predicted octanol–water partition coefficient (Wildman–Crippen LogP) is 4.56. The fraction of sp³-hybridized carbons (Fsp3) is 0.350. The second-order valence-electron chi connectivity index (χ2n) is 6.27. The summed E-state index contributed by atoms with van der Waals surface area (Å²) in [4.78, 5) is 14.6. The molecule has 0 saturated carbocycles. The lowest BCUT2D eigenvalue weighted by Gasteiger charge is -2.26. The van der Waals surface area contributed by atoms with E-state index in [0.29, 0.717) is 23.8 Å². The Morgan fingerprint density at radius 1 is 1.31 bits per heavy atom. The van der Waals surface area contributed by atoms with Crippen LogP contribution in [-0.2, 0) is 11.3 Å². The van der Waals surface area contributed by atoms with E-state index in [1.54, 1.807) is 24.1 Å². The highest BCUT2D eigenvalue weighted by atomic mass is 35.5. The molecular formula is C20H23ClN2O3. The number of hydrogen-bond donors (Lipinski definition) is 1. The fourth-order valence-electron chi connectivity index (χ4n) is 3.06. The van der Waals surface area contributed by atoms with E-state index >= 15 is 0 Å². The number of carbonyl (C=O) groups is 1. The van der Waals surface area contributed by atoms with Crippen molar-refractivity contribution in [1.29, 1.82) is 0 Å². The maximum Gasteiger partial charge on any atom is 0.322 e. The summed E-state index contributed by atoms with van der Waals surface area (Å²) in [6.07, 6.45) is 2.06. The van der Waals surface area contributed by atoms with Crippen molar-refractivity contribution in [1.82, 2.24) is 4.90 Å². The Kier molecular flexibility index (Phi) is 6.36. The van der Waals surface area contributed by atoms with Crippen molar-refractivity contribution in [3.05, 3.63) is 59.1 Å². The van der Waals surface area contributed by atoms with Crippen LogP contribution in [0.4, 0.5) is 10.5 Å². The van der Waals surface area contributed by atoms with Crippen LogP contribution in [0.25, 0.3) is 0 Å². The highest BCUT2D eigenvalue weighted by Gasteiger charge is 2.23. The van der Waals surface area contributed by atoms with Crippen molar-refractivity contribution >= 4 is 23.3 Å². The van der Waals surface area contributed by atoms with E-state index in [4.69, 9.17) is 21.1 Å². The second-order valence-corrected chi connectivity index (χ2v) is 6.70. The van der Waals surface area contributed by atoms with Gasteiger partial charge in [0.2, 0.25) is 0 Å². The molecule has 1 atom stereocenters. The Balaban J connectivity index is 1.76. The average molecular weight is 375 g/mol. The monoisotopic (exact) mass is 374 g/mol. The Morgan fingerprint density at radius 3 is 2.88 bits per heavy atom. The minimum atomic E-state index is -0.186. The maximum atomic E-state index is 12.9. The van der Waals surface area contributed by atoms with Gasteiger partial charge in [0.15, 0.2) is 0 Å². The summed E-state index contributed by atoms with van der Waals surface area (Å²) in [7, 11) is 1.63. The molecule has 138 valence electrons. The average Bonchev–Trinajstić information content (AvgIpc) is 3.15. The number of anilines is 1. The molecule has 1 heterocycles. The number of carbonyl (C=O) groups excluding carboxylic acids is 1. The van der Waals surface area contributed by atoms with Gasteiger partial charge in [0, 0.05) is 29.4 Å². The van der Waals surface area contributed by atoms with Gasteiger partial charge in [0.25, 0.3) is 0 Å². The number of amides is 2. The minimum Gasteiger partial charge on any atom is -0.496 e. The molecule has 1 saturated heterocycles. The zero-order valence-corrected chi connectivity index (χ0v) is 15.5. The fourth-order valence-corrected chi connectivity index (χ4v) is 3.25. The van der Waals surface area contributed by atoms with Crippen LogP contribution in [0.3, 0.4) is 0 Å². The van der Waals surface area contributed by atoms with E-state index in [0.717, 1.165) is 30.8 Å². The lowest BCUT2D eigenvalue weighted by atomic mass is 10.1. The maximum absolute atomic E-state index is 12.9. The van der Waals surface area contributed by atoms with Crippen molar-refractivity contribution < 1.29 is 14.3 Å². The highest BCUT2D eigenvalue weighted by Crippen LogP contribution is 2.22. The third-order valence-corrected chi connectivity index (χ3v) is 4.60. The number of hydrogen-bond acceptors (Lipinski definition) is 3. The van der Waals surface area contributed by atoms with Crippen LogP contribution in [-0.4, -0.2) is 37.3 Å². The molecule has 26 heavy (non-hydrogen) atoms. The number of nitrogens with one attached hydrogen (secondary N) is 1. The van der Waals surface area contributed by atoms with Crippen LogP contribution in [0.2, 0.25) is 5.02 Å². The molecule has 2 aromatic rings. The van der Waals surface area contributed by atoms with Gasteiger partial charge in [0.1, 0.15) is 5.75 Å². The van der Waals surface area contributed by atoms with Gasteiger partial charge in [-0.2, -0.15) is 0 Å². The van der Waals surface area contributed by atoms with E-state index in [9.17, 15) is 4.79 Å². The molecule has 1 unspecified atom stereocenters. The predicted molar refractivity (Wildman–Crippen MR) is 103 cm³/mol. The second kappa shape index (κ2) is 8.92. The van der Waals surface area contributed by atoms with E-state index in [-0.39, 0.29) is 12.1 Å². The van der Waals surface area contributed by atoms with Gasteiger partial charge in [-0.15, -0.1) is 0 Å². The standard InChI is InChI=1S/C20H23ClN2O3/c1-25-19-10-3-2-6-15(19)13-23(14-18-9-5-11-26-18)20(24)22-17-8-4-7-16(21)12-17/h2-4,6-8,10,12,18H,5,9,11,13-14H2,1H3,(H,22,24). The van der Waals surface area contributed by atoms with Gasteiger partial charge in [-0.05, 0) is 37.1 Å². The first-order valence-electron chi connectivity index (χ1n) is 8.70. The minimum absolute atomic E-state index is 0.0646. The number of benzene rings is 2. The normalized spacial score (nSPS) is 16.3. The van der Waals surface area contributed by atoms with Crippen LogP contribution in [0, 0.1) is 0 Å². The molecule has 2 amide bonds. The lowest BCUT2D eigenvalue weighted by molar-refractivity contribution is 0.0817. The molecule has 1 N–H and O–H groups in total. The molecular weight excluding hydrogens is 352 g/mol. The van der Waals surface area contributed by atoms with Crippen molar-refractivity contribution in [3.8, 4) is 5.75 Å². The number of nitrogens with zero attached hydrogens (tertiary/aromatic N) is 1. The molecule has 3 rings (SSSR count). The number of rotatable bonds is 6. The third kappa shape index (κ3) is 4.90. The Bertz CT molecular complexity index is 747. The van der Waals surface area contributed by atoms with Crippen LogP contribution in [0.15, 0.2) is 48.5 Å². The first-order valence-corrected chi connectivity index (χ1v) is 9.08. The van der Waals surface area contributed by atoms with E-state index in [1.165, 1.54) is 0 Å². The lowest BCUT2D eigenvalue weighted by Crippen LogP contribution is -2.39. The zero-order chi connectivity index (χ0) is 18.4. The molecule has 5 nitrogen and oxygen atoms in total. The molecule has 1 aliphatic heterocycles. The largest absolute Gasteiger partial charge is 0.496 e. The molecule has 0 bridgehead atoms. The number of halogens is 1. The van der Waals surface area contributed by atoms with Gasteiger partial charge in [0.05, 0.1) is 19.8 Å². The first kappa shape index (κ1) is 18.5. The first-order chi connectivity index (χ1) is 12.7. The summed E-state index contributed by atoms with van der Waals surface area (Å²) in [5.74, 6) is 0.764. The van der Waals surface area contributed by atoms with Crippen LogP contribution in [0.1, 0.15) is 18.4 Å². The number of para-hydroxylation sites is 1. The van der Waals surface area contributed by atoms with Gasteiger partial charge in [-0.25, -0.2) is 4.79 Å². The Morgan fingerprint density at radius 2 is 2.15 bits per heavy atom. The van der Waals surface area contributed by atoms with Crippen LogP contribution < -0.4 is 10.1 Å². The van der Waals surface area contributed by atoms with Gasteiger partial charge >= 0.3 is 6.03 Å². The van der Waals surface area contributed by atoms with Crippen molar-refractivity contribution in [2.24, 2.45) is 0 Å². The van der Waals surface area contributed by atoms with E-state index in [2.05, 4.69) is 5.32 Å². The van der Waals surface area contributed by atoms with E-state index < -0.39 is 0 Å². The van der Waals surface area contributed by atoms with Gasteiger partial charge in [-0.1, -0.05) is 35.9 Å². The Hall–Kier alpha value is -2.24. The van der Waals surface area contributed by atoms with Crippen molar-refractivity contribution in [3.63, 3.8) is 0 Å². The molecule has 2 aromatic carbocycles. The summed E-state index contributed by atoms with van der Waals surface area (Å²) in [5, 5.41) is 3.50. The number of methoxy groups -OCH3 is 1. The van der Waals surface area contributed by atoms with E-state index in [1.807, 2.05) is 36.4 Å². The molecule has 0 aromatic heterocycles. The van der Waals surface area contributed by atoms with Gasteiger partial charge < -0.3 is 19.7 Å². The molecule has 0 aliphatic carbocycles. The quantitative estimate of drug-likeness (QED) is 0.806. The van der Waals surface area contributed by atoms with Gasteiger partial charge in [-0.3, -0.25) is 0 Å². The van der Waals surface area contributed by atoms with Crippen molar-refractivity contribution in [2.75, 3.05) is 25.6 Å². The summed E-state index contributed by atoms with van der Waals surface area (Å²) in [6, 6.07) is 14.7. The molecule has 0 spiro atoms.